The topological polar surface area (TPSA) is 102 Å². The van der Waals surface area contributed by atoms with Crippen molar-refractivity contribution in [2.75, 3.05) is 13.7 Å². The highest BCUT2D eigenvalue weighted by Gasteiger charge is 2.23. The van der Waals surface area contributed by atoms with Gasteiger partial charge in [-0.05, 0) is 12.5 Å². The van der Waals surface area contributed by atoms with Crippen LogP contribution in [0.25, 0.3) is 0 Å². The van der Waals surface area contributed by atoms with E-state index in [0.717, 1.165) is 0 Å². The number of nitrogens with zero attached hydrogens (tertiary/aromatic N) is 1. The highest BCUT2D eigenvalue weighted by atomic mass is 16.6. The second kappa shape index (κ2) is 6.69. The van der Waals surface area contributed by atoms with Crippen LogP contribution in [0.5, 0.6) is 5.75 Å². The molecule has 0 saturated heterocycles. The summed E-state index contributed by atoms with van der Waals surface area (Å²) in [4.78, 5) is 22.2. The lowest BCUT2D eigenvalue weighted by Crippen LogP contribution is -2.37. The Morgan fingerprint density at radius 2 is 2.26 bits per heavy atom. The summed E-state index contributed by atoms with van der Waals surface area (Å²) in [6.45, 7) is 1.62. The van der Waals surface area contributed by atoms with Crippen molar-refractivity contribution in [2.45, 2.75) is 19.4 Å². The van der Waals surface area contributed by atoms with Gasteiger partial charge < -0.3 is 15.2 Å². The van der Waals surface area contributed by atoms with Crippen LogP contribution in [0.1, 0.15) is 23.7 Å². The van der Waals surface area contributed by atoms with Gasteiger partial charge in [0.15, 0.2) is 0 Å². The number of carbonyl (C=O) groups excluding carboxylic acids is 1. The Bertz CT molecular complexity index is 471. The van der Waals surface area contributed by atoms with Crippen LogP contribution in [0.4, 0.5) is 5.69 Å². The summed E-state index contributed by atoms with van der Waals surface area (Å²) < 4.78 is 4.94. The van der Waals surface area contributed by atoms with Crippen LogP contribution in [-0.4, -0.2) is 35.7 Å². The number of rotatable bonds is 6. The van der Waals surface area contributed by atoms with Crippen molar-refractivity contribution >= 4 is 11.6 Å². The first-order valence-corrected chi connectivity index (χ1v) is 5.78. The van der Waals surface area contributed by atoms with Crippen LogP contribution in [0.2, 0.25) is 0 Å². The molecule has 1 amide bonds. The monoisotopic (exact) mass is 268 g/mol. The van der Waals surface area contributed by atoms with E-state index >= 15 is 0 Å². The summed E-state index contributed by atoms with van der Waals surface area (Å²) in [5.74, 6) is -0.598. The van der Waals surface area contributed by atoms with Gasteiger partial charge in [0.05, 0.1) is 30.2 Å². The van der Waals surface area contributed by atoms with Gasteiger partial charge in [0.1, 0.15) is 0 Å². The Morgan fingerprint density at radius 1 is 1.58 bits per heavy atom. The third-order valence-corrected chi connectivity index (χ3v) is 2.69. The van der Waals surface area contributed by atoms with Crippen LogP contribution < -0.4 is 10.1 Å². The maximum absolute atomic E-state index is 12.0. The van der Waals surface area contributed by atoms with E-state index in [9.17, 15) is 14.9 Å². The number of ether oxygens (including phenoxy) is 1. The molecule has 104 valence electrons. The lowest BCUT2D eigenvalue weighted by atomic mass is 10.1. The third-order valence-electron chi connectivity index (χ3n) is 2.69. The molecule has 0 bridgehead atoms. The van der Waals surface area contributed by atoms with Gasteiger partial charge in [-0.3, -0.25) is 14.9 Å². The molecule has 0 spiro atoms. The van der Waals surface area contributed by atoms with Crippen LogP contribution >= 0.6 is 0 Å². The minimum atomic E-state index is -0.612. The fourth-order valence-electron chi connectivity index (χ4n) is 1.60. The predicted molar refractivity (Wildman–Crippen MR) is 68.3 cm³/mol. The normalized spacial score (nSPS) is 11.7. The molecule has 0 radical (unpaired) electrons. The summed E-state index contributed by atoms with van der Waals surface area (Å²) in [6.07, 6.45) is 0.555. The van der Waals surface area contributed by atoms with E-state index in [1.807, 2.05) is 6.92 Å². The second-order valence-corrected chi connectivity index (χ2v) is 3.88. The van der Waals surface area contributed by atoms with Crippen molar-refractivity contribution in [3.63, 3.8) is 0 Å². The largest absolute Gasteiger partial charge is 0.490 e. The zero-order valence-corrected chi connectivity index (χ0v) is 10.8. The maximum Gasteiger partial charge on any atom is 0.311 e. The van der Waals surface area contributed by atoms with E-state index in [0.29, 0.717) is 6.42 Å². The number of aliphatic hydroxyl groups is 1. The molecule has 7 nitrogen and oxygen atoms in total. The second-order valence-electron chi connectivity index (χ2n) is 3.88. The number of methoxy groups -OCH3 is 1. The molecule has 0 aliphatic heterocycles. The summed E-state index contributed by atoms with van der Waals surface area (Å²) in [7, 11) is 1.27. The molecule has 1 aromatic rings. The summed E-state index contributed by atoms with van der Waals surface area (Å²) >= 11 is 0. The lowest BCUT2D eigenvalue weighted by Gasteiger charge is -2.15. The van der Waals surface area contributed by atoms with Gasteiger partial charge in [-0.25, -0.2) is 0 Å². The number of nitro groups is 1. The molecular formula is C12H16N2O5. The Balaban J connectivity index is 3.09. The van der Waals surface area contributed by atoms with E-state index in [1.165, 1.54) is 25.3 Å². The standard InChI is InChI=1S/C12H16N2O5/c1-3-8(7-15)13-12(16)9-5-4-6-10(14(17)18)11(9)19-2/h4-6,8,15H,3,7H2,1-2H3,(H,13,16)/t8-/m1/s1. The van der Waals surface area contributed by atoms with E-state index in [-0.39, 0.29) is 23.6 Å². The first kappa shape index (κ1) is 14.9. The smallest absolute Gasteiger partial charge is 0.311 e. The molecule has 1 rings (SSSR count). The molecule has 1 aromatic carbocycles. The Kier molecular flexibility index (Phi) is 5.25. The molecular weight excluding hydrogens is 252 g/mol. The fraction of sp³-hybridized carbons (Fsp3) is 0.417. The number of carbonyl (C=O) groups is 1. The number of benzene rings is 1. The Hall–Kier alpha value is -2.15. The average Bonchev–Trinajstić information content (AvgIpc) is 2.43. The molecule has 7 heteroatoms. The van der Waals surface area contributed by atoms with Gasteiger partial charge in [0.2, 0.25) is 5.75 Å². The number of aliphatic hydroxyl groups excluding tert-OH is 1. The zero-order chi connectivity index (χ0) is 14.4. The van der Waals surface area contributed by atoms with Crippen LogP contribution in [0.15, 0.2) is 18.2 Å². The van der Waals surface area contributed by atoms with E-state index < -0.39 is 16.9 Å². The average molecular weight is 268 g/mol. The first-order chi connectivity index (χ1) is 9.04. The number of hydrogen-bond acceptors (Lipinski definition) is 5. The van der Waals surface area contributed by atoms with Crippen molar-refractivity contribution in [2.24, 2.45) is 0 Å². The molecule has 0 unspecified atom stereocenters. The zero-order valence-electron chi connectivity index (χ0n) is 10.8. The number of hydrogen-bond donors (Lipinski definition) is 2. The van der Waals surface area contributed by atoms with E-state index in [2.05, 4.69) is 5.32 Å². The summed E-state index contributed by atoms with van der Waals surface area (Å²) in [6, 6.07) is 3.72. The summed E-state index contributed by atoms with van der Waals surface area (Å²) in [5.41, 5.74) is -0.198. The molecule has 0 heterocycles. The van der Waals surface area contributed by atoms with Gasteiger partial charge in [0.25, 0.3) is 5.91 Å². The molecule has 19 heavy (non-hydrogen) atoms. The molecule has 2 N–H and O–H groups in total. The van der Waals surface area contributed by atoms with Crippen molar-refractivity contribution < 1.29 is 19.6 Å². The molecule has 1 atom stereocenters. The highest BCUT2D eigenvalue weighted by Crippen LogP contribution is 2.30. The molecule has 0 saturated carbocycles. The van der Waals surface area contributed by atoms with Gasteiger partial charge in [-0.15, -0.1) is 0 Å². The van der Waals surface area contributed by atoms with Crippen molar-refractivity contribution in [1.82, 2.24) is 5.32 Å². The Labute approximate surface area is 110 Å². The minimum absolute atomic E-state index is 0.0728. The highest BCUT2D eigenvalue weighted by molar-refractivity contribution is 5.98. The quantitative estimate of drug-likeness (QED) is 0.594. The van der Waals surface area contributed by atoms with Gasteiger partial charge in [-0.2, -0.15) is 0 Å². The van der Waals surface area contributed by atoms with Crippen molar-refractivity contribution in [3.05, 3.63) is 33.9 Å². The van der Waals surface area contributed by atoms with E-state index in [4.69, 9.17) is 9.84 Å². The van der Waals surface area contributed by atoms with Gasteiger partial charge in [0, 0.05) is 6.07 Å². The maximum atomic E-state index is 12.0. The predicted octanol–water partition coefficient (Wildman–Crippen LogP) is 1.10. The number of nitro benzene ring substituents is 1. The molecule has 0 aromatic heterocycles. The SMILES string of the molecule is CC[C@H](CO)NC(=O)c1cccc([N+](=O)[O-])c1OC. The minimum Gasteiger partial charge on any atom is -0.490 e. The molecule has 0 aliphatic rings. The number of amides is 1. The molecule has 0 aliphatic carbocycles. The van der Waals surface area contributed by atoms with E-state index in [1.54, 1.807) is 0 Å². The first-order valence-electron chi connectivity index (χ1n) is 5.78. The van der Waals surface area contributed by atoms with Gasteiger partial charge >= 0.3 is 5.69 Å². The van der Waals surface area contributed by atoms with Crippen LogP contribution in [0.3, 0.4) is 0 Å². The summed E-state index contributed by atoms with van der Waals surface area (Å²) in [5, 5.41) is 22.5. The number of para-hydroxylation sites is 1. The fourth-order valence-corrected chi connectivity index (χ4v) is 1.60. The lowest BCUT2D eigenvalue weighted by molar-refractivity contribution is -0.385. The Morgan fingerprint density at radius 3 is 2.74 bits per heavy atom. The van der Waals surface area contributed by atoms with Crippen molar-refractivity contribution in [1.29, 1.82) is 0 Å². The third kappa shape index (κ3) is 3.41. The van der Waals surface area contributed by atoms with Crippen LogP contribution in [-0.2, 0) is 0 Å². The number of nitrogens with one attached hydrogen (secondary N) is 1. The van der Waals surface area contributed by atoms with Gasteiger partial charge in [-0.1, -0.05) is 13.0 Å². The van der Waals surface area contributed by atoms with Crippen LogP contribution in [0, 0.1) is 10.1 Å². The van der Waals surface area contributed by atoms with Crippen molar-refractivity contribution in [3.8, 4) is 5.75 Å². The molecule has 0 fully saturated rings.